The highest BCUT2D eigenvalue weighted by Crippen LogP contribution is 2.60. The highest BCUT2D eigenvalue weighted by molar-refractivity contribution is 7.99. The molecule has 5 aliphatic rings. The van der Waals surface area contributed by atoms with Crippen molar-refractivity contribution in [3.8, 4) is 0 Å². The van der Waals surface area contributed by atoms with E-state index in [1.54, 1.807) is 16.4 Å². The Kier molecular flexibility index (Phi) is 3.59. The van der Waals surface area contributed by atoms with Crippen molar-refractivity contribution in [3.63, 3.8) is 0 Å². The zero-order valence-electron chi connectivity index (χ0n) is 15.1. The van der Waals surface area contributed by atoms with Crippen LogP contribution in [0.5, 0.6) is 0 Å². The Morgan fingerprint density at radius 1 is 1.04 bits per heavy atom. The number of halogens is 1. The molecule has 4 nitrogen and oxygen atoms in total. The smallest absolute Gasteiger partial charge is 0.250 e. The third kappa shape index (κ3) is 2.61. The number of hydrogen-bond acceptors (Lipinski definition) is 4. The first-order valence-corrected chi connectivity index (χ1v) is 11.3. The van der Waals surface area contributed by atoms with Crippen LogP contribution in [0.25, 0.3) is 0 Å². The summed E-state index contributed by atoms with van der Waals surface area (Å²) in [6.45, 7) is 0. The third-order valence-corrected chi connectivity index (χ3v) is 8.63. The van der Waals surface area contributed by atoms with Crippen molar-refractivity contribution in [2.45, 2.75) is 60.8 Å². The van der Waals surface area contributed by atoms with Crippen LogP contribution < -0.4 is 0 Å². The predicted octanol–water partition coefficient (Wildman–Crippen LogP) is 5.28. The first-order chi connectivity index (χ1) is 13.1. The van der Waals surface area contributed by atoms with E-state index in [1.807, 2.05) is 24.3 Å². The number of aromatic nitrogens is 3. The Morgan fingerprint density at radius 2 is 1.67 bits per heavy atom. The molecule has 0 amide bonds. The molecule has 1 aromatic heterocycles. The standard InChI is InChI=1S/C21H22ClN3OS/c22-16-3-1-15(2-4-16)17-8-18(26)25-20(27-17)23-19(24-25)21-9-12-5-13(10-21)7-14(6-12)11-21/h1-4,12-14,17H,5-11H2/t12?,13?,14?,17-,21?/m0/s1. The summed E-state index contributed by atoms with van der Waals surface area (Å²) < 4.78 is 1.59. The molecule has 4 fully saturated rings. The first-order valence-electron chi connectivity index (χ1n) is 10.0. The predicted molar refractivity (Wildman–Crippen MR) is 105 cm³/mol. The maximum absolute atomic E-state index is 12.8. The minimum Gasteiger partial charge on any atom is -0.272 e. The van der Waals surface area contributed by atoms with Crippen molar-refractivity contribution in [2.24, 2.45) is 17.8 Å². The van der Waals surface area contributed by atoms with Crippen LogP contribution >= 0.6 is 23.4 Å². The van der Waals surface area contributed by atoms with E-state index in [0.717, 1.165) is 39.3 Å². The van der Waals surface area contributed by atoms with Crippen molar-refractivity contribution in [3.05, 3.63) is 40.7 Å². The van der Waals surface area contributed by atoms with Crippen LogP contribution in [0, 0.1) is 17.8 Å². The molecule has 4 aliphatic carbocycles. The quantitative estimate of drug-likeness (QED) is 0.689. The Morgan fingerprint density at radius 3 is 2.30 bits per heavy atom. The van der Waals surface area contributed by atoms with Gasteiger partial charge in [0.1, 0.15) is 0 Å². The average Bonchev–Trinajstić information content (AvgIpc) is 3.07. The fraction of sp³-hybridized carbons (Fsp3) is 0.571. The molecule has 1 aromatic carbocycles. The molecule has 7 rings (SSSR count). The number of carbonyl (C=O) groups excluding carboxylic acids is 1. The van der Waals surface area contributed by atoms with Crippen LogP contribution in [0.2, 0.25) is 5.02 Å². The van der Waals surface area contributed by atoms with Crippen LogP contribution in [0.4, 0.5) is 0 Å². The van der Waals surface area contributed by atoms with E-state index in [1.165, 1.54) is 38.5 Å². The van der Waals surface area contributed by atoms with Crippen molar-refractivity contribution < 1.29 is 4.79 Å². The highest BCUT2D eigenvalue weighted by Gasteiger charge is 2.54. The molecule has 140 valence electrons. The van der Waals surface area contributed by atoms with Gasteiger partial charge in [0.25, 0.3) is 5.91 Å². The van der Waals surface area contributed by atoms with Crippen LogP contribution in [0.3, 0.4) is 0 Å². The molecule has 0 N–H and O–H groups in total. The minimum absolute atomic E-state index is 0.0622. The zero-order chi connectivity index (χ0) is 18.2. The first kappa shape index (κ1) is 16.6. The summed E-state index contributed by atoms with van der Waals surface area (Å²) in [6.07, 6.45) is 8.34. The summed E-state index contributed by atoms with van der Waals surface area (Å²) >= 11 is 7.68. The number of fused-ring (bicyclic) bond motifs is 1. The zero-order valence-corrected chi connectivity index (χ0v) is 16.7. The van der Waals surface area contributed by atoms with Gasteiger partial charge in [0.15, 0.2) is 11.0 Å². The lowest BCUT2D eigenvalue weighted by molar-refractivity contribution is -0.00944. The van der Waals surface area contributed by atoms with Gasteiger partial charge in [-0.25, -0.2) is 4.98 Å². The second-order valence-corrected chi connectivity index (χ2v) is 10.7. The topological polar surface area (TPSA) is 47.8 Å². The van der Waals surface area contributed by atoms with E-state index in [0.29, 0.717) is 6.42 Å². The second-order valence-electron chi connectivity index (χ2n) is 9.08. The maximum Gasteiger partial charge on any atom is 0.250 e. The van der Waals surface area contributed by atoms with E-state index < -0.39 is 0 Å². The highest BCUT2D eigenvalue weighted by atomic mass is 35.5. The van der Waals surface area contributed by atoms with Gasteiger partial charge in [-0.3, -0.25) is 4.79 Å². The lowest BCUT2D eigenvalue weighted by Gasteiger charge is -2.55. The Hall–Kier alpha value is -1.33. The molecule has 0 saturated heterocycles. The van der Waals surface area contributed by atoms with Crippen molar-refractivity contribution in [1.82, 2.24) is 14.8 Å². The largest absolute Gasteiger partial charge is 0.272 e. The number of carbonyl (C=O) groups is 1. The van der Waals surface area contributed by atoms with E-state index in [4.69, 9.17) is 21.7 Å². The Labute approximate surface area is 168 Å². The molecule has 0 spiro atoms. The van der Waals surface area contributed by atoms with Gasteiger partial charge < -0.3 is 0 Å². The molecule has 0 radical (unpaired) electrons. The normalized spacial score (nSPS) is 36.9. The molecule has 4 bridgehead atoms. The SMILES string of the molecule is O=C1C[C@@H](c2ccc(Cl)cc2)Sc2nc(C34CC5CC(CC(C5)C3)C4)nn21. The number of nitrogens with zero attached hydrogens (tertiary/aromatic N) is 3. The van der Waals surface area contributed by atoms with Crippen molar-refractivity contribution in [2.75, 3.05) is 0 Å². The van der Waals surface area contributed by atoms with E-state index in [-0.39, 0.29) is 16.6 Å². The van der Waals surface area contributed by atoms with Gasteiger partial charge in [0.2, 0.25) is 0 Å². The monoisotopic (exact) mass is 399 g/mol. The van der Waals surface area contributed by atoms with Gasteiger partial charge in [0.05, 0.1) is 0 Å². The van der Waals surface area contributed by atoms with Crippen LogP contribution in [0.1, 0.15) is 66.4 Å². The maximum atomic E-state index is 12.8. The summed E-state index contributed by atoms with van der Waals surface area (Å²) in [7, 11) is 0. The third-order valence-electron chi connectivity index (χ3n) is 7.18. The lowest BCUT2D eigenvalue weighted by atomic mass is 9.49. The second kappa shape index (κ2) is 5.84. The summed E-state index contributed by atoms with van der Waals surface area (Å²) in [5, 5.41) is 6.37. The molecule has 4 saturated carbocycles. The summed E-state index contributed by atoms with van der Waals surface area (Å²) in [4.78, 5) is 17.7. The van der Waals surface area contributed by atoms with Crippen LogP contribution in [0.15, 0.2) is 29.4 Å². The van der Waals surface area contributed by atoms with Crippen molar-refractivity contribution >= 4 is 29.3 Å². The van der Waals surface area contributed by atoms with Gasteiger partial charge in [-0.2, -0.15) is 4.68 Å². The van der Waals surface area contributed by atoms with Crippen LogP contribution in [-0.4, -0.2) is 20.7 Å². The number of benzene rings is 1. The van der Waals surface area contributed by atoms with Gasteiger partial charge >= 0.3 is 0 Å². The molecule has 0 unspecified atom stereocenters. The molecule has 1 atom stereocenters. The molecular weight excluding hydrogens is 378 g/mol. The van der Waals surface area contributed by atoms with Gasteiger partial charge in [-0.15, -0.1) is 5.10 Å². The molecule has 27 heavy (non-hydrogen) atoms. The number of hydrogen-bond donors (Lipinski definition) is 0. The fourth-order valence-corrected chi connectivity index (χ4v) is 7.70. The minimum atomic E-state index is 0.0622. The molecular formula is C21H22ClN3OS. The fourth-order valence-electron chi connectivity index (χ4n) is 6.42. The molecule has 2 heterocycles. The van der Waals surface area contributed by atoms with E-state index in [2.05, 4.69) is 0 Å². The van der Waals surface area contributed by atoms with Gasteiger partial charge in [-0.1, -0.05) is 35.5 Å². The summed E-state index contributed by atoms with van der Waals surface area (Å²) in [5.74, 6) is 3.56. The van der Waals surface area contributed by atoms with Gasteiger partial charge in [0, 0.05) is 22.1 Å². The van der Waals surface area contributed by atoms with E-state index >= 15 is 0 Å². The summed E-state index contributed by atoms with van der Waals surface area (Å²) in [6, 6.07) is 7.81. The molecule has 2 aromatic rings. The molecule has 6 heteroatoms. The number of thioether (sulfide) groups is 1. The Balaban J connectivity index is 1.34. The molecule has 1 aliphatic heterocycles. The summed E-state index contributed by atoms with van der Waals surface area (Å²) in [5.41, 5.74) is 1.26. The van der Waals surface area contributed by atoms with Gasteiger partial charge in [-0.05, 0) is 74.0 Å². The van der Waals surface area contributed by atoms with Crippen molar-refractivity contribution in [1.29, 1.82) is 0 Å². The van der Waals surface area contributed by atoms with E-state index in [9.17, 15) is 4.79 Å². The number of rotatable bonds is 2. The van der Waals surface area contributed by atoms with Crippen LogP contribution in [-0.2, 0) is 5.41 Å². The average molecular weight is 400 g/mol. The lowest BCUT2D eigenvalue weighted by Crippen LogP contribution is -2.49. The Bertz CT molecular complexity index is 887.